The fourth-order valence-electron chi connectivity index (χ4n) is 3.31. The molecule has 0 bridgehead atoms. The monoisotopic (exact) mass is 417 g/mol. The number of aliphatic hydroxyl groups is 1. The molecule has 9 heteroatoms. The minimum Gasteiger partial charge on any atom is -0.373 e. The van der Waals surface area contributed by atoms with E-state index in [4.69, 9.17) is 20.9 Å². The van der Waals surface area contributed by atoms with Crippen LogP contribution < -0.4 is 16.4 Å². The van der Waals surface area contributed by atoms with E-state index in [-0.39, 0.29) is 24.5 Å². The second-order valence-electron chi connectivity index (χ2n) is 7.25. The molecule has 1 aliphatic heterocycles. The van der Waals surface area contributed by atoms with E-state index in [2.05, 4.69) is 9.98 Å². The summed E-state index contributed by atoms with van der Waals surface area (Å²) in [5.74, 6) is -0.681. The van der Waals surface area contributed by atoms with Crippen molar-refractivity contribution < 1.29 is 19.0 Å². The van der Waals surface area contributed by atoms with Crippen molar-refractivity contribution in [1.82, 2.24) is 4.98 Å². The average Bonchev–Trinajstić information content (AvgIpc) is 2.73. The number of benzene rings is 1. The summed E-state index contributed by atoms with van der Waals surface area (Å²) in [4.78, 5) is 9.72. The number of aliphatic imine (C=N–C) groups is 1. The molecule has 8 nitrogen and oxygen atoms in total. The summed E-state index contributed by atoms with van der Waals surface area (Å²) in [7, 11) is 0. The lowest BCUT2D eigenvalue weighted by Gasteiger charge is -2.34. The number of hydrogen-bond acceptors (Lipinski definition) is 6. The number of piperidine rings is 1. The molecule has 0 saturated carbocycles. The number of aliphatic hydroxyl groups excluding tert-OH is 1. The first-order valence-corrected chi connectivity index (χ1v) is 9.86. The van der Waals surface area contributed by atoms with Gasteiger partial charge in [-0.1, -0.05) is 18.2 Å². The first-order valence-electron chi connectivity index (χ1n) is 9.86. The summed E-state index contributed by atoms with van der Waals surface area (Å²) in [5, 5.41) is 9.54. The van der Waals surface area contributed by atoms with Gasteiger partial charge in [0.05, 0.1) is 25.0 Å². The van der Waals surface area contributed by atoms with Crippen LogP contribution in [0.2, 0.25) is 0 Å². The number of nitrogens with two attached hydrogens (primary N) is 2. The molecule has 1 fully saturated rings. The van der Waals surface area contributed by atoms with Crippen LogP contribution in [0.4, 0.5) is 10.1 Å². The quantitative estimate of drug-likeness (QED) is 0.340. The number of rotatable bonds is 8. The molecule has 0 amide bonds. The molecule has 0 aliphatic carbocycles. The van der Waals surface area contributed by atoms with Gasteiger partial charge in [0.2, 0.25) is 0 Å². The van der Waals surface area contributed by atoms with Crippen molar-refractivity contribution in [3.8, 4) is 0 Å². The van der Waals surface area contributed by atoms with E-state index in [0.29, 0.717) is 30.9 Å². The molecule has 2 heterocycles. The van der Waals surface area contributed by atoms with Gasteiger partial charge in [-0.15, -0.1) is 0 Å². The van der Waals surface area contributed by atoms with Crippen LogP contribution in [0.25, 0.3) is 0 Å². The summed E-state index contributed by atoms with van der Waals surface area (Å²) < 4.78 is 26.0. The van der Waals surface area contributed by atoms with Crippen LogP contribution in [0, 0.1) is 12.7 Å². The van der Waals surface area contributed by atoms with E-state index in [9.17, 15) is 9.50 Å². The average molecular weight is 417 g/mol. The van der Waals surface area contributed by atoms with E-state index < -0.39 is 6.41 Å². The Balaban J connectivity index is 1.52. The normalized spacial score (nSPS) is 15.8. The topological polar surface area (TPSA) is 119 Å². The van der Waals surface area contributed by atoms with Gasteiger partial charge in [0, 0.05) is 30.5 Å². The predicted octanol–water partition coefficient (Wildman–Crippen LogP) is 1.78. The maximum Gasteiger partial charge on any atom is 0.259 e. The van der Waals surface area contributed by atoms with Crippen molar-refractivity contribution in [3.63, 3.8) is 0 Å². The largest absolute Gasteiger partial charge is 0.373 e. The van der Waals surface area contributed by atoms with Gasteiger partial charge >= 0.3 is 0 Å². The molecule has 1 aliphatic rings. The van der Waals surface area contributed by atoms with Crippen LogP contribution in [0.15, 0.2) is 41.5 Å². The first kappa shape index (κ1) is 21.9. The van der Waals surface area contributed by atoms with Crippen molar-refractivity contribution in [2.24, 2.45) is 16.5 Å². The molecule has 1 aromatic heterocycles. The molecular weight excluding hydrogens is 389 g/mol. The standard InChI is InChI=1S/C21H28FN5O3/c1-14-5-6-15(11-25-14)12-29-17-7-9-27(10-8-17)18-4-2-3-16(19(18)22)13-30-21(28)26-20(23)24/h2-6,11,17,21,28H,7-10,12-13H2,1H3,(H4,23,24,26). The van der Waals surface area contributed by atoms with E-state index in [1.165, 1.54) is 0 Å². The highest BCUT2D eigenvalue weighted by Gasteiger charge is 2.23. The Hall–Kier alpha value is -2.75. The zero-order valence-electron chi connectivity index (χ0n) is 17.0. The molecule has 162 valence electrons. The maximum absolute atomic E-state index is 14.9. The molecule has 30 heavy (non-hydrogen) atoms. The van der Waals surface area contributed by atoms with Crippen LogP contribution >= 0.6 is 0 Å². The molecule has 1 saturated heterocycles. The number of halogens is 1. The zero-order chi connectivity index (χ0) is 21.5. The minimum atomic E-state index is -1.53. The zero-order valence-corrected chi connectivity index (χ0v) is 17.0. The Morgan fingerprint density at radius 2 is 2.03 bits per heavy atom. The molecule has 3 rings (SSSR count). The van der Waals surface area contributed by atoms with Gasteiger partial charge in [-0.05, 0) is 37.5 Å². The second-order valence-corrected chi connectivity index (χ2v) is 7.25. The summed E-state index contributed by atoms with van der Waals surface area (Å²) in [6.07, 6.45) is 2.05. The summed E-state index contributed by atoms with van der Waals surface area (Å²) in [5.41, 5.74) is 13.2. The number of anilines is 1. The summed E-state index contributed by atoms with van der Waals surface area (Å²) >= 11 is 0. The molecule has 5 N–H and O–H groups in total. The highest BCUT2D eigenvalue weighted by Crippen LogP contribution is 2.27. The van der Waals surface area contributed by atoms with Gasteiger partial charge < -0.3 is 30.9 Å². The third kappa shape index (κ3) is 6.12. The first-order chi connectivity index (χ1) is 14.4. The van der Waals surface area contributed by atoms with Crippen molar-refractivity contribution >= 4 is 11.6 Å². The van der Waals surface area contributed by atoms with E-state index in [1.54, 1.807) is 18.2 Å². The van der Waals surface area contributed by atoms with Gasteiger partial charge in [0.25, 0.3) is 6.41 Å². The highest BCUT2D eigenvalue weighted by atomic mass is 19.1. The lowest BCUT2D eigenvalue weighted by Crippen LogP contribution is -2.37. The smallest absolute Gasteiger partial charge is 0.259 e. The van der Waals surface area contributed by atoms with E-state index in [1.807, 2.05) is 30.2 Å². The summed E-state index contributed by atoms with van der Waals surface area (Å²) in [6, 6.07) is 9.09. The third-order valence-corrected chi connectivity index (χ3v) is 4.95. The van der Waals surface area contributed by atoms with Crippen LogP contribution in [0.1, 0.15) is 29.7 Å². The van der Waals surface area contributed by atoms with Gasteiger partial charge in [0.1, 0.15) is 0 Å². The van der Waals surface area contributed by atoms with Crippen molar-refractivity contribution in [2.45, 2.75) is 45.5 Å². The molecule has 2 aromatic rings. The number of guanidine groups is 1. The fraction of sp³-hybridized carbons (Fsp3) is 0.429. The van der Waals surface area contributed by atoms with Gasteiger partial charge in [-0.2, -0.15) is 4.99 Å². The van der Waals surface area contributed by atoms with Crippen LogP contribution in [0.5, 0.6) is 0 Å². The number of pyridine rings is 1. The highest BCUT2D eigenvalue weighted by molar-refractivity contribution is 5.75. The molecular formula is C21H28FN5O3. The molecule has 0 spiro atoms. The third-order valence-electron chi connectivity index (χ3n) is 4.95. The minimum absolute atomic E-state index is 0.131. The number of ether oxygens (including phenoxy) is 2. The predicted molar refractivity (Wildman–Crippen MR) is 112 cm³/mol. The maximum atomic E-state index is 14.9. The fourth-order valence-corrected chi connectivity index (χ4v) is 3.31. The van der Waals surface area contributed by atoms with Crippen molar-refractivity contribution in [3.05, 3.63) is 59.2 Å². The van der Waals surface area contributed by atoms with Crippen LogP contribution in [-0.4, -0.2) is 41.7 Å². The Labute approximate surface area is 175 Å². The lowest BCUT2D eigenvalue weighted by atomic mass is 10.1. The van der Waals surface area contributed by atoms with Crippen molar-refractivity contribution in [2.75, 3.05) is 18.0 Å². The van der Waals surface area contributed by atoms with Crippen LogP contribution in [-0.2, 0) is 22.7 Å². The molecule has 0 radical (unpaired) electrons. The number of aryl methyl sites for hydroxylation is 1. The van der Waals surface area contributed by atoms with Gasteiger partial charge in [-0.3, -0.25) is 4.98 Å². The Morgan fingerprint density at radius 3 is 2.70 bits per heavy atom. The van der Waals surface area contributed by atoms with E-state index in [0.717, 1.165) is 24.1 Å². The molecule has 1 unspecified atom stereocenters. The number of nitrogens with zero attached hydrogens (tertiary/aromatic N) is 3. The van der Waals surface area contributed by atoms with E-state index >= 15 is 0 Å². The lowest BCUT2D eigenvalue weighted by molar-refractivity contribution is -0.101. The second kappa shape index (κ2) is 10.3. The molecule has 1 atom stereocenters. The van der Waals surface area contributed by atoms with Crippen molar-refractivity contribution in [1.29, 1.82) is 0 Å². The van der Waals surface area contributed by atoms with Gasteiger partial charge in [0.15, 0.2) is 11.8 Å². The Morgan fingerprint density at radius 1 is 1.27 bits per heavy atom. The molecule has 1 aromatic carbocycles. The Bertz CT molecular complexity index is 850. The summed E-state index contributed by atoms with van der Waals surface area (Å²) in [6.45, 7) is 3.70. The number of hydrogen-bond donors (Lipinski definition) is 3. The number of aromatic nitrogens is 1. The SMILES string of the molecule is Cc1ccc(COC2CCN(c3cccc(COC(O)N=C(N)N)c3F)CC2)cn1. The van der Waals surface area contributed by atoms with Gasteiger partial charge in [-0.25, -0.2) is 4.39 Å². The van der Waals surface area contributed by atoms with Crippen LogP contribution in [0.3, 0.4) is 0 Å². The Kier molecular flexibility index (Phi) is 7.56.